The second kappa shape index (κ2) is 7.68. The van der Waals surface area contributed by atoms with Gasteiger partial charge in [-0.1, -0.05) is 46.8 Å². The van der Waals surface area contributed by atoms with E-state index in [-0.39, 0.29) is 23.0 Å². The van der Waals surface area contributed by atoms with Crippen LogP contribution in [-0.2, 0) is 5.41 Å². The van der Waals surface area contributed by atoms with Crippen LogP contribution in [0.25, 0.3) is 0 Å². The van der Waals surface area contributed by atoms with Crippen LogP contribution in [0.2, 0.25) is 0 Å². The predicted molar refractivity (Wildman–Crippen MR) is 95.4 cm³/mol. The summed E-state index contributed by atoms with van der Waals surface area (Å²) in [5.74, 6) is 0. The predicted octanol–water partition coefficient (Wildman–Crippen LogP) is 3.41. The number of carbonyl (C=O) groups excluding carboxylic acids is 1. The summed E-state index contributed by atoms with van der Waals surface area (Å²) in [6.45, 7) is 12.8. The molecule has 0 bridgehead atoms. The molecule has 0 aromatic heterocycles. The Balaban J connectivity index is 2.42. The number of benzene rings is 1. The van der Waals surface area contributed by atoms with E-state index >= 15 is 0 Å². The van der Waals surface area contributed by atoms with Gasteiger partial charge >= 0.3 is 6.03 Å². The molecule has 0 aliphatic carbocycles. The Bertz CT molecular complexity index is 502. The molecule has 130 valence electrons. The van der Waals surface area contributed by atoms with Gasteiger partial charge in [0.05, 0.1) is 11.8 Å². The molecule has 0 radical (unpaired) electrons. The molecule has 0 aliphatic rings. The van der Waals surface area contributed by atoms with Gasteiger partial charge in [-0.05, 0) is 41.9 Å². The van der Waals surface area contributed by atoms with Crippen LogP contribution >= 0.6 is 0 Å². The zero-order valence-electron chi connectivity index (χ0n) is 15.2. The van der Waals surface area contributed by atoms with Crippen molar-refractivity contribution in [3.8, 4) is 0 Å². The van der Waals surface area contributed by atoms with E-state index in [2.05, 4.69) is 36.9 Å². The number of urea groups is 1. The second-order valence-electron chi connectivity index (χ2n) is 7.98. The van der Waals surface area contributed by atoms with Gasteiger partial charge in [0, 0.05) is 6.54 Å². The van der Waals surface area contributed by atoms with Crippen molar-refractivity contribution in [3.05, 3.63) is 29.8 Å². The average Bonchev–Trinajstić information content (AvgIpc) is 2.41. The molecule has 0 saturated heterocycles. The molecule has 2 amide bonds. The molecule has 5 heteroatoms. The highest BCUT2D eigenvalue weighted by Gasteiger charge is 2.21. The second-order valence-corrected chi connectivity index (χ2v) is 7.98. The molecule has 0 heterocycles. The number of carbonyl (C=O) groups is 1. The molecule has 1 aromatic carbocycles. The minimum Gasteiger partial charge on any atom is -0.393 e. The summed E-state index contributed by atoms with van der Waals surface area (Å²) < 4.78 is 0. The maximum Gasteiger partial charge on any atom is 0.333 e. The first-order valence-corrected chi connectivity index (χ1v) is 8.08. The maximum absolute atomic E-state index is 11.8. The lowest BCUT2D eigenvalue weighted by Crippen LogP contribution is -2.43. The van der Waals surface area contributed by atoms with Crippen LogP contribution in [0.15, 0.2) is 24.3 Å². The zero-order chi connectivity index (χ0) is 17.7. The third-order valence-corrected chi connectivity index (χ3v) is 3.65. The quantitative estimate of drug-likeness (QED) is 0.607. The van der Waals surface area contributed by atoms with Gasteiger partial charge in [0.25, 0.3) is 0 Å². The van der Waals surface area contributed by atoms with E-state index in [4.69, 9.17) is 0 Å². The molecule has 23 heavy (non-hydrogen) atoms. The Labute approximate surface area is 139 Å². The SMILES string of the molecule is CC(O)CC(C)(C)CNC(=O)NNc1ccc(C(C)(C)C)cc1. The van der Waals surface area contributed by atoms with Crippen LogP contribution in [0.3, 0.4) is 0 Å². The van der Waals surface area contributed by atoms with Crippen LogP contribution < -0.4 is 16.2 Å². The summed E-state index contributed by atoms with van der Waals surface area (Å²) >= 11 is 0. The normalized spacial score (nSPS) is 13.3. The van der Waals surface area contributed by atoms with Crippen molar-refractivity contribution in [1.82, 2.24) is 10.7 Å². The van der Waals surface area contributed by atoms with E-state index in [1.54, 1.807) is 6.92 Å². The third-order valence-electron chi connectivity index (χ3n) is 3.65. The van der Waals surface area contributed by atoms with Gasteiger partial charge in [0.1, 0.15) is 0 Å². The molecule has 4 N–H and O–H groups in total. The van der Waals surface area contributed by atoms with E-state index in [1.165, 1.54) is 5.56 Å². The summed E-state index contributed by atoms with van der Waals surface area (Å²) in [7, 11) is 0. The van der Waals surface area contributed by atoms with Gasteiger partial charge in [-0.3, -0.25) is 10.9 Å². The Kier molecular flexibility index (Phi) is 6.45. The molecule has 0 saturated carbocycles. The van der Waals surface area contributed by atoms with E-state index in [0.29, 0.717) is 13.0 Å². The monoisotopic (exact) mass is 321 g/mol. The standard InChI is InChI=1S/C18H31N3O2/c1-13(22)11-18(5,6)12-19-16(23)21-20-15-9-7-14(8-10-15)17(2,3)4/h7-10,13,20,22H,11-12H2,1-6H3,(H2,19,21,23). The average molecular weight is 321 g/mol. The third kappa shape index (κ3) is 7.37. The largest absolute Gasteiger partial charge is 0.393 e. The summed E-state index contributed by atoms with van der Waals surface area (Å²) in [5, 5.41) is 12.3. The van der Waals surface area contributed by atoms with Crippen molar-refractivity contribution in [2.45, 2.75) is 59.5 Å². The van der Waals surface area contributed by atoms with Crippen molar-refractivity contribution < 1.29 is 9.90 Å². The van der Waals surface area contributed by atoms with Crippen LogP contribution in [0.5, 0.6) is 0 Å². The molecule has 0 spiro atoms. The molecule has 5 nitrogen and oxygen atoms in total. The number of amides is 2. The molecule has 1 atom stereocenters. The number of aliphatic hydroxyl groups excluding tert-OH is 1. The van der Waals surface area contributed by atoms with Gasteiger partial charge in [0.2, 0.25) is 0 Å². The molecule has 0 fully saturated rings. The first-order chi connectivity index (χ1) is 10.5. The van der Waals surface area contributed by atoms with Gasteiger partial charge in [0.15, 0.2) is 0 Å². The van der Waals surface area contributed by atoms with Gasteiger partial charge in [-0.2, -0.15) is 0 Å². The van der Waals surface area contributed by atoms with E-state index < -0.39 is 0 Å². The van der Waals surface area contributed by atoms with Gasteiger partial charge in [-0.15, -0.1) is 0 Å². The number of rotatable bonds is 6. The number of aliphatic hydroxyl groups is 1. The minimum absolute atomic E-state index is 0.110. The van der Waals surface area contributed by atoms with Crippen molar-refractivity contribution in [3.63, 3.8) is 0 Å². The molecule has 1 rings (SSSR count). The molecular formula is C18H31N3O2. The lowest BCUT2D eigenvalue weighted by Gasteiger charge is -2.26. The molecular weight excluding hydrogens is 290 g/mol. The number of nitrogens with one attached hydrogen (secondary N) is 3. The van der Waals surface area contributed by atoms with Crippen LogP contribution in [0.1, 0.15) is 53.5 Å². The fourth-order valence-electron chi connectivity index (χ4n) is 2.42. The highest BCUT2D eigenvalue weighted by Crippen LogP contribution is 2.23. The number of hydrazine groups is 1. The highest BCUT2D eigenvalue weighted by atomic mass is 16.3. The van der Waals surface area contributed by atoms with Crippen LogP contribution in [0, 0.1) is 5.41 Å². The first kappa shape index (κ1) is 19.3. The molecule has 1 unspecified atom stereocenters. The van der Waals surface area contributed by atoms with Gasteiger partial charge < -0.3 is 10.4 Å². The van der Waals surface area contributed by atoms with Gasteiger partial charge in [-0.25, -0.2) is 4.79 Å². The minimum atomic E-state index is -0.380. The fraction of sp³-hybridized carbons (Fsp3) is 0.611. The summed E-state index contributed by atoms with van der Waals surface area (Å²) in [4.78, 5) is 11.8. The Morgan fingerprint density at radius 3 is 2.17 bits per heavy atom. The molecule has 1 aromatic rings. The van der Waals surface area contributed by atoms with Crippen molar-refractivity contribution in [1.29, 1.82) is 0 Å². The van der Waals surface area contributed by atoms with E-state index in [1.807, 2.05) is 38.1 Å². The highest BCUT2D eigenvalue weighted by molar-refractivity contribution is 5.75. The first-order valence-electron chi connectivity index (χ1n) is 8.08. The van der Waals surface area contributed by atoms with Crippen molar-refractivity contribution in [2.75, 3.05) is 12.0 Å². The lowest BCUT2D eigenvalue weighted by molar-refractivity contribution is 0.129. The summed E-state index contributed by atoms with van der Waals surface area (Å²) in [5.41, 5.74) is 7.54. The van der Waals surface area contributed by atoms with Crippen LogP contribution in [0.4, 0.5) is 10.5 Å². The molecule has 0 aliphatic heterocycles. The summed E-state index contributed by atoms with van der Waals surface area (Å²) in [6.07, 6.45) is 0.254. The number of hydrogen-bond donors (Lipinski definition) is 4. The Morgan fingerprint density at radius 2 is 1.70 bits per heavy atom. The number of anilines is 1. The van der Waals surface area contributed by atoms with E-state index in [9.17, 15) is 9.90 Å². The Hall–Kier alpha value is -1.75. The maximum atomic E-state index is 11.8. The van der Waals surface area contributed by atoms with E-state index in [0.717, 1.165) is 5.69 Å². The van der Waals surface area contributed by atoms with Crippen molar-refractivity contribution in [2.24, 2.45) is 5.41 Å². The fourth-order valence-corrected chi connectivity index (χ4v) is 2.42. The lowest BCUT2D eigenvalue weighted by atomic mass is 9.87. The van der Waals surface area contributed by atoms with Crippen molar-refractivity contribution >= 4 is 11.7 Å². The smallest absolute Gasteiger partial charge is 0.333 e. The summed E-state index contributed by atoms with van der Waals surface area (Å²) in [6, 6.07) is 7.70. The van der Waals surface area contributed by atoms with Crippen LogP contribution in [-0.4, -0.2) is 23.8 Å². The number of hydrogen-bond acceptors (Lipinski definition) is 3. The zero-order valence-corrected chi connectivity index (χ0v) is 15.2. The Morgan fingerprint density at radius 1 is 1.13 bits per heavy atom. The topological polar surface area (TPSA) is 73.4 Å².